The van der Waals surface area contributed by atoms with Crippen molar-refractivity contribution in [3.8, 4) is 0 Å². The maximum Gasteiger partial charge on any atom is 0.306 e. The number of aromatic nitrogens is 1. The molecule has 1 fully saturated rings. The van der Waals surface area contributed by atoms with Crippen LogP contribution in [0.4, 0.5) is 0 Å². The molecule has 0 spiro atoms. The molecule has 4 nitrogen and oxygen atoms in total. The van der Waals surface area contributed by atoms with Gasteiger partial charge in [0.15, 0.2) is 0 Å². The molecule has 0 aliphatic heterocycles. The molecule has 88 valence electrons. The van der Waals surface area contributed by atoms with Gasteiger partial charge in [0.2, 0.25) is 0 Å². The van der Waals surface area contributed by atoms with Gasteiger partial charge in [-0.15, -0.1) is 0 Å². The van der Waals surface area contributed by atoms with E-state index >= 15 is 0 Å². The summed E-state index contributed by atoms with van der Waals surface area (Å²) in [7, 11) is 0. The maximum atomic E-state index is 10.8. The van der Waals surface area contributed by atoms with E-state index in [-0.39, 0.29) is 5.92 Å². The molecule has 0 atom stereocenters. The molecule has 1 heterocycles. The summed E-state index contributed by atoms with van der Waals surface area (Å²) in [4.78, 5) is 10.8. The predicted octanol–water partition coefficient (Wildman–Crippen LogP) is 2.65. The van der Waals surface area contributed by atoms with Crippen LogP contribution in [0.15, 0.2) is 4.52 Å². The molecule has 16 heavy (non-hydrogen) atoms. The number of carboxylic acids is 1. The van der Waals surface area contributed by atoms with Gasteiger partial charge in [0, 0.05) is 11.5 Å². The standard InChI is InChI=1S/C12H17NO3/c1-7-8(2)16-13-11(7)9-3-5-10(6-4-9)12(14)15/h9-10H,3-6H2,1-2H3,(H,14,15)/t9-,10-. The minimum atomic E-state index is -0.661. The van der Waals surface area contributed by atoms with Gasteiger partial charge in [-0.2, -0.15) is 0 Å². The van der Waals surface area contributed by atoms with Gasteiger partial charge < -0.3 is 9.63 Å². The van der Waals surface area contributed by atoms with E-state index in [0.29, 0.717) is 5.92 Å². The smallest absolute Gasteiger partial charge is 0.306 e. The molecule has 1 aromatic heterocycles. The molecule has 1 aliphatic carbocycles. The van der Waals surface area contributed by atoms with Crippen molar-refractivity contribution in [2.24, 2.45) is 5.92 Å². The Morgan fingerprint density at radius 3 is 2.38 bits per heavy atom. The van der Waals surface area contributed by atoms with Crippen LogP contribution in [0.1, 0.15) is 48.6 Å². The van der Waals surface area contributed by atoms with Crippen LogP contribution in [0.5, 0.6) is 0 Å². The van der Waals surface area contributed by atoms with Crippen molar-refractivity contribution in [2.45, 2.75) is 45.4 Å². The second-order valence-corrected chi connectivity index (χ2v) is 4.64. The average Bonchev–Trinajstić information content (AvgIpc) is 2.60. The number of rotatable bonds is 2. The molecule has 1 N–H and O–H groups in total. The van der Waals surface area contributed by atoms with E-state index in [1.165, 1.54) is 0 Å². The fourth-order valence-corrected chi connectivity index (χ4v) is 2.43. The van der Waals surface area contributed by atoms with Gasteiger partial charge in [0.25, 0.3) is 0 Å². The second kappa shape index (κ2) is 4.28. The van der Waals surface area contributed by atoms with E-state index in [1.54, 1.807) is 0 Å². The molecule has 0 bridgehead atoms. The normalized spacial score (nSPS) is 25.6. The van der Waals surface area contributed by atoms with E-state index in [0.717, 1.165) is 42.7 Å². The van der Waals surface area contributed by atoms with Crippen molar-refractivity contribution in [1.82, 2.24) is 5.16 Å². The zero-order valence-electron chi connectivity index (χ0n) is 9.69. The van der Waals surface area contributed by atoms with Crippen molar-refractivity contribution in [3.05, 3.63) is 17.0 Å². The Hall–Kier alpha value is -1.32. The SMILES string of the molecule is Cc1onc([C@H]2CC[C@H](C(=O)O)CC2)c1C. The third-order valence-electron chi connectivity index (χ3n) is 3.66. The Bertz CT molecular complexity index is 389. The lowest BCUT2D eigenvalue weighted by Crippen LogP contribution is -2.20. The van der Waals surface area contributed by atoms with E-state index < -0.39 is 5.97 Å². The number of aryl methyl sites for hydroxylation is 1. The lowest BCUT2D eigenvalue weighted by atomic mass is 9.80. The number of hydrogen-bond acceptors (Lipinski definition) is 3. The zero-order chi connectivity index (χ0) is 11.7. The Balaban J connectivity index is 2.04. The number of nitrogens with zero attached hydrogens (tertiary/aromatic N) is 1. The summed E-state index contributed by atoms with van der Waals surface area (Å²) in [5, 5.41) is 13.0. The van der Waals surface area contributed by atoms with Crippen molar-refractivity contribution in [1.29, 1.82) is 0 Å². The first kappa shape index (κ1) is 11.2. The van der Waals surface area contributed by atoms with Gasteiger partial charge in [0.05, 0.1) is 11.6 Å². The van der Waals surface area contributed by atoms with Gasteiger partial charge in [-0.1, -0.05) is 5.16 Å². The molecule has 1 aliphatic rings. The summed E-state index contributed by atoms with van der Waals surface area (Å²) in [6.45, 7) is 3.93. The number of carbonyl (C=O) groups is 1. The van der Waals surface area contributed by atoms with Crippen molar-refractivity contribution in [2.75, 3.05) is 0 Å². The Morgan fingerprint density at radius 1 is 1.31 bits per heavy atom. The number of carboxylic acid groups (broad SMARTS) is 1. The Labute approximate surface area is 94.6 Å². The fraction of sp³-hybridized carbons (Fsp3) is 0.667. The van der Waals surface area contributed by atoms with Crippen LogP contribution in [0.3, 0.4) is 0 Å². The lowest BCUT2D eigenvalue weighted by molar-refractivity contribution is -0.142. The minimum Gasteiger partial charge on any atom is -0.481 e. The highest BCUT2D eigenvalue weighted by atomic mass is 16.5. The summed E-state index contributed by atoms with van der Waals surface area (Å²) in [6, 6.07) is 0. The average molecular weight is 223 g/mol. The lowest BCUT2D eigenvalue weighted by Gasteiger charge is -2.24. The molecule has 0 amide bonds. The summed E-state index contributed by atoms with van der Waals surface area (Å²) < 4.78 is 5.16. The first-order chi connectivity index (χ1) is 7.59. The van der Waals surface area contributed by atoms with Crippen LogP contribution in [0.25, 0.3) is 0 Å². The molecular weight excluding hydrogens is 206 g/mol. The third kappa shape index (κ3) is 1.96. The summed E-state index contributed by atoms with van der Waals surface area (Å²) in [5.74, 6) is 0.430. The predicted molar refractivity (Wildman–Crippen MR) is 58.3 cm³/mol. The molecule has 1 saturated carbocycles. The van der Waals surface area contributed by atoms with Crippen LogP contribution in [0.2, 0.25) is 0 Å². The van der Waals surface area contributed by atoms with Gasteiger partial charge in [-0.05, 0) is 39.5 Å². The number of aliphatic carboxylic acids is 1. The van der Waals surface area contributed by atoms with Gasteiger partial charge in [-0.25, -0.2) is 0 Å². The van der Waals surface area contributed by atoms with Crippen LogP contribution in [0, 0.1) is 19.8 Å². The highest BCUT2D eigenvalue weighted by Crippen LogP contribution is 2.36. The molecule has 0 unspecified atom stereocenters. The van der Waals surface area contributed by atoms with E-state index in [4.69, 9.17) is 9.63 Å². The molecule has 2 rings (SSSR count). The topological polar surface area (TPSA) is 63.3 Å². The molecule has 0 aromatic carbocycles. The van der Waals surface area contributed by atoms with Gasteiger partial charge in [0.1, 0.15) is 5.76 Å². The van der Waals surface area contributed by atoms with E-state index in [1.807, 2.05) is 13.8 Å². The minimum absolute atomic E-state index is 0.162. The molecule has 0 radical (unpaired) electrons. The molecule has 1 aromatic rings. The number of hydrogen-bond donors (Lipinski definition) is 1. The summed E-state index contributed by atoms with van der Waals surface area (Å²) in [5.41, 5.74) is 2.15. The summed E-state index contributed by atoms with van der Waals surface area (Å²) in [6.07, 6.45) is 3.32. The molecule has 0 saturated heterocycles. The zero-order valence-corrected chi connectivity index (χ0v) is 9.69. The largest absolute Gasteiger partial charge is 0.481 e. The van der Waals surface area contributed by atoms with Crippen molar-refractivity contribution < 1.29 is 14.4 Å². The molecular formula is C12H17NO3. The van der Waals surface area contributed by atoms with Crippen molar-refractivity contribution >= 4 is 5.97 Å². The monoisotopic (exact) mass is 223 g/mol. The highest BCUT2D eigenvalue weighted by Gasteiger charge is 2.29. The van der Waals surface area contributed by atoms with E-state index in [9.17, 15) is 4.79 Å². The third-order valence-corrected chi connectivity index (χ3v) is 3.66. The van der Waals surface area contributed by atoms with Crippen LogP contribution in [-0.2, 0) is 4.79 Å². The van der Waals surface area contributed by atoms with Crippen LogP contribution < -0.4 is 0 Å². The Morgan fingerprint density at radius 2 is 1.94 bits per heavy atom. The maximum absolute atomic E-state index is 10.8. The van der Waals surface area contributed by atoms with E-state index in [2.05, 4.69) is 5.16 Å². The first-order valence-corrected chi connectivity index (χ1v) is 5.75. The van der Waals surface area contributed by atoms with Crippen molar-refractivity contribution in [3.63, 3.8) is 0 Å². The highest BCUT2D eigenvalue weighted by molar-refractivity contribution is 5.70. The van der Waals surface area contributed by atoms with Gasteiger partial charge >= 0.3 is 5.97 Å². The Kier molecular flexibility index (Phi) is 2.99. The summed E-state index contributed by atoms with van der Waals surface area (Å²) >= 11 is 0. The quantitative estimate of drug-likeness (QED) is 0.837. The second-order valence-electron chi connectivity index (χ2n) is 4.64. The van der Waals surface area contributed by atoms with Crippen LogP contribution >= 0.6 is 0 Å². The van der Waals surface area contributed by atoms with Crippen LogP contribution in [-0.4, -0.2) is 16.2 Å². The fourth-order valence-electron chi connectivity index (χ4n) is 2.43. The first-order valence-electron chi connectivity index (χ1n) is 5.75. The van der Waals surface area contributed by atoms with Gasteiger partial charge in [-0.3, -0.25) is 4.79 Å². The molecule has 4 heteroatoms.